The summed E-state index contributed by atoms with van der Waals surface area (Å²) >= 11 is 0. The van der Waals surface area contributed by atoms with Gasteiger partial charge in [-0.1, -0.05) is 30.3 Å². The SMILES string of the molecule is Cn1ccnc1C1CC(NC(=O)Nc2ccnc(-c3ccccc3)c2)CCO1. The molecule has 0 saturated carbocycles. The van der Waals surface area contributed by atoms with Crippen LogP contribution in [0, 0.1) is 0 Å². The Labute approximate surface area is 163 Å². The molecule has 4 rings (SSSR count). The Morgan fingerprint density at radius 3 is 2.82 bits per heavy atom. The number of nitrogens with zero attached hydrogens (tertiary/aromatic N) is 3. The molecule has 0 bridgehead atoms. The number of aryl methyl sites for hydroxylation is 1. The molecule has 2 atom stereocenters. The van der Waals surface area contributed by atoms with E-state index in [1.807, 2.05) is 54.2 Å². The number of carbonyl (C=O) groups is 1. The van der Waals surface area contributed by atoms with Crippen LogP contribution in [0.5, 0.6) is 0 Å². The van der Waals surface area contributed by atoms with Gasteiger partial charge in [0.15, 0.2) is 0 Å². The topological polar surface area (TPSA) is 81.1 Å². The maximum Gasteiger partial charge on any atom is 0.319 e. The number of amides is 2. The second-order valence-corrected chi connectivity index (χ2v) is 6.87. The molecule has 3 heterocycles. The molecular weight excluding hydrogens is 354 g/mol. The molecule has 7 nitrogen and oxygen atoms in total. The Balaban J connectivity index is 1.37. The summed E-state index contributed by atoms with van der Waals surface area (Å²) in [6, 6.07) is 13.3. The van der Waals surface area contributed by atoms with Crippen LogP contribution in [0.15, 0.2) is 61.1 Å². The minimum atomic E-state index is -0.226. The molecule has 2 aromatic heterocycles. The predicted octanol–water partition coefficient (Wildman–Crippen LogP) is 3.52. The van der Waals surface area contributed by atoms with E-state index in [1.54, 1.807) is 18.5 Å². The van der Waals surface area contributed by atoms with Gasteiger partial charge in [0, 0.05) is 56.0 Å². The molecule has 2 unspecified atom stereocenters. The molecule has 7 heteroatoms. The van der Waals surface area contributed by atoms with Crippen LogP contribution in [0.3, 0.4) is 0 Å². The van der Waals surface area contributed by atoms with Gasteiger partial charge in [-0.25, -0.2) is 9.78 Å². The molecule has 28 heavy (non-hydrogen) atoms. The number of urea groups is 1. The Kier molecular flexibility index (Phi) is 5.34. The third kappa shape index (κ3) is 4.20. The van der Waals surface area contributed by atoms with Crippen molar-refractivity contribution < 1.29 is 9.53 Å². The fraction of sp³-hybridized carbons (Fsp3) is 0.286. The van der Waals surface area contributed by atoms with Gasteiger partial charge >= 0.3 is 6.03 Å². The van der Waals surface area contributed by atoms with E-state index >= 15 is 0 Å². The van der Waals surface area contributed by atoms with E-state index in [0.29, 0.717) is 18.7 Å². The Bertz CT molecular complexity index is 941. The van der Waals surface area contributed by atoms with Crippen molar-refractivity contribution in [1.82, 2.24) is 19.9 Å². The zero-order chi connectivity index (χ0) is 19.3. The van der Waals surface area contributed by atoms with Crippen molar-refractivity contribution in [3.63, 3.8) is 0 Å². The first kappa shape index (κ1) is 18.2. The number of rotatable bonds is 4. The molecule has 1 aromatic carbocycles. The van der Waals surface area contributed by atoms with Gasteiger partial charge in [-0.05, 0) is 18.6 Å². The van der Waals surface area contributed by atoms with Gasteiger partial charge in [0.25, 0.3) is 0 Å². The first-order chi connectivity index (χ1) is 13.7. The summed E-state index contributed by atoms with van der Waals surface area (Å²) in [5, 5.41) is 5.96. The molecule has 144 valence electrons. The number of benzene rings is 1. The van der Waals surface area contributed by atoms with Crippen LogP contribution in [0.25, 0.3) is 11.3 Å². The molecular formula is C21H23N5O2. The van der Waals surface area contributed by atoms with Crippen LogP contribution in [0.1, 0.15) is 24.8 Å². The maximum atomic E-state index is 12.5. The maximum absolute atomic E-state index is 12.5. The van der Waals surface area contributed by atoms with Crippen molar-refractivity contribution in [3.8, 4) is 11.3 Å². The molecule has 1 aliphatic heterocycles. The summed E-state index contributed by atoms with van der Waals surface area (Å²) in [6.45, 7) is 0.593. The number of anilines is 1. The number of hydrogen-bond donors (Lipinski definition) is 2. The van der Waals surface area contributed by atoms with Gasteiger partial charge in [0.2, 0.25) is 0 Å². The summed E-state index contributed by atoms with van der Waals surface area (Å²) in [5.74, 6) is 0.883. The van der Waals surface area contributed by atoms with Gasteiger partial charge in [-0.15, -0.1) is 0 Å². The summed E-state index contributed by atoms with van der Waals surface area (Å²) in [6.07, 6.45) is 6.73. The standard InChI is InChI=1S/C21H23N5O2/c1-26-11-10-23-20(26)19-14-17(8-12-28-19)25-21(27)24-16-7-9-22-18(13-16)15-5-3-2-4-6-15/h2-7,9-11,13,17,19H,8,12,14H2,1H3,(H2,22,24,25,27). The lowest BCUT2D eigenvalue weighted by molar-refractivity contribution is -0.00410. The van der Waals surface area contributed by atoms with E-state index in [2.05, 4.69) is 20.6 Å². The van der Waals surface area contributed by atoms with Crippen LogP contribution < -0.4 is 10.6 Å². The van der Waals surface area contributed by atoms with Crippen LogP contribution in [0.2, 0.25) is 0 Å². The van der Waals surface area contributed by atoms with Crippen molar-refractivity contribution in [2.24, 2.45) is 7.05 Å². The van der Waals surface area contributed by atoms with Crippen molar-refractivity contribution in [3.05, 3.63) is 66.9 Å². The van der Waals surface area contributed by atoms with E-state index in [4.69, 9.17) is 4.74 Å². The van der Waals surface area contributed by atoms with Crippen LogP contribution >= 0.6 is 0 Å². The van der Waals surface area contributed by atoms with Crippen LogP contribution in [-0.2, 0) is 11.8 Å². The number of pyridine rings is 1. The summed E-state index contributed by atoms with van der Waals surface area (Å²) in [5.41, 5.74) is 2.53. The fourth-order valence-electron chi connectivity index (χ4n) is 3.42. The van der Waals surface area contributed by atoms with Crippen molar-refractivity contribution in [2.75, 3.05) is 11.9 Å². The molecule has 2 amide bonds. The second-order valence-electron chi connectivity index (χ2n) is 6.87. The van der Waals surface area contributed by atoms with Crippen molar-refractivity contribution >= 4 is 11.7 Å². The van der Waals surface area contributed by atoms with Crippen molar-refractivity contribution in [1.29, 1.82) is 0 Å². The highest BCUT2D eigenvalue weighted by Crippen LogP contribution is 2.27. The van der Waals surface area contributed by atoms with Gasteiger partial charge in [-0.3, -0.25) is 4.98 Å². The predicted molar refractivity (Wildman–Crippen MR) is 107 cm³/mol. The highest BCUT2D eigenvalue weighted by atomic mass is 16.5. The first-order valence-electron chi connectivity index (χ1n) is 9.37. The van der Waals surface area contributed by atoms with Crippen LogP contribution in [-0.4, -0.2) is 33.2 Å². The Hall–Kier alpha value is -3.19. The van der Waals surface area contributed by atoms with E-state index < -0.39 is 0 Å². The average molecular weight is 377 g/mol. The van der Waals surface area contributed by atoms with Gasteiger partial charge in [0.05, 0.1) is 5.69 Å². The highest BCUT2D eigenvalue weighted by Gasteiger charge is 2.27. The minimum absolute atomic E-state index is 0.0332. The quantitative estimate of drug-likeness (QED) is 0.729. The molecule has 1 fully saturated rings. The van der Waals surface area contributed by atoms with E-state index in [9.17, 15) is 4.79 Å². The Morgan fingerprint density at radius 2 is 2.04 bits per heavy atom. The highest BCUT2D eigenvalue weighted by molar-refractivity contribution is 5.90. The molecule has 3 aromatic rings. The first-order valence-corrected chi connectivity index (χ1v) is 9.37. The molecule has 0 radical (unpaired) electrons. The fourth-order valence-corrected chi connectivity index (χ4v) is 3.42. The van der Waals surface area contributed by atoms with Gasteiger partial charge in [0.1, 0.15) is 11.9 Å². The lowest BCUT2D eigenvalue weighted by atomic mass is 10.0. The number of aromatic nitrogens is 3. The molecule has 1 aliphatic rings. The molecule has 2 N–H and O–H groups in total. The number of ether oxygens (including phenoxy) is 1. The number of carbonyl (C=O) groups excluding carboxylic acids is 1. The number of hydrogen-bond acceptors (Lipinski definition) is 4. The smallest absolute Gasteiger partial charge is 0.319 e. The van der Waals surface area contributed by atoms with Crippen molar-refractivity contribution in [2.45, 2.75) is 25.0 Å². The van der Waals surface area contributed by atoms with Crippen LogP contribution in [0.4, 0.5) is 10.5 Å². The molecule has 0 spiro atoms. The third-order valence-electron chi connectivity index (χ3n) is 4.85. The van der Waals surface area contributed by atoms with Gasteiger partial charge < -0.3 is 19.9 Å². The lowest BCUT2D eigenvalue weighted by Crippen LogP contribution is -2.42. The van der Waals surface area contributed by atoms with E-state index in [-0.39, 0.29) is 18.2 Å². The van der Waals surface area contributed by atoms with E-state index in [1.165, 1.54) is 0 Å². The lowest BCUT2D eigenvalue weighted by Gasteiger charge is -2.29. The Morgan fingerprint density at radius 1 is 1.18 bits per heavy atom. The number of nitrogens with one attached hydrogen (secondary N) is 2. The average Bonchev–Trinajstić information content (AvgIpc) is 3.15. The zero-order valence-corrected chi connectivity index (χ0v) is 15.7. The number of imidazole rings is 1. The minimum Gasteiger partial charge on any atom is -0.370 e. The van der Waals surface area contributed by atoms with E-state index in [0.717, 1.165) is 23.5 Å². The van der Waals surface area contributed by atoms with Gasteiger partial charge in [-0.2, -0.15) is 0 Å². The summed E-state index contributed by atoms with van der Waals surface area (Å²) < 4.78 is 7.79. The largest absolute Gasteiger partial charge is 0.370 e. The molecule has 0 aliphatic carbocycles. The summed E-state index contributed by atoms with van der Waals surface area (Å²) in [7, 11) is 1.95. The normalized spacial score (nSPS) is 19.2. The molecule has 1 saturated heterocycles. The second kappa shape index (κ2) is 8.22. The zero-order valence-electron chi connectivity index (χ0n) is 15.7. The summed E-state index contributed by atoms with van der Waals surface area (Å²) in [4.78, 5) is 21.2. The monoisotopic (exact) mass is 377 g/mol. The third-order valence-corrected chi connectivity index (χ3v) is 4.85.